The van der Waals surface area contributed by atoms with E-state index >= 15 is 0 Å². The quantitative estimate of drug-likeness (QED) is 0.326. The van der Waals surface area contributed by atoms with Crippen LogP contribution < -0.4 is 0 Å². The van der Waals surface area contributed by atoms with Crippen molar-refractivity contribution in [2.45, 2.75) is 49.8 Å². The van der Waals surface area contributed by atoms with Crippen LogP contribution >= 0.6 is 22.4 Å². The average Bonchev–Trinajstić information content (AvgIpc) is 2.58. The summed E-state index contributed by atoms with van der Waals surface area (Å²) in [5.41, 5.74) is -0.550. The maximum Gasteiger partial charge on any atom is 0.307 e. The fraction of sp³-hybridized carbons (Fsp3) is 0.900. The van der Waals surface area contributed by atoms with E-state index in [4.69, 9.17) is 16.3 Å². The van der Waals surface area contributed by atoms with Crippen molar-refractivity contribution in [1.82, 2.24) is 0 Å². The molecule has 1 aliphatic heterocycles. The zero-order chi connectivity index (χ0) is 12.0. The van der Waals surface area contributed by atoms with Crippen LogP contribution in [0, 0.1) is 0 Å². The van der Waals surface area contributed by atoms with Gasteiger partial charge in [-0.3, -0.25) is 4.79 Å². The molecule has 1 rings (SSSR count). The number of hydrogen-bond acceptors (Lipinski definition) is 4. The summed E-state index contributed by atoms with van der Waals surface area (Å²) in [6.07, 6.45) is 4.12. The van der Waals surface area contributed by atoms with Crippen LogP contribution in [-0.4, -0.2) is 26.7 Å². The Labute approximate surface area is 107 Å². The summed E-state index contributed by atoms with van der Waals surface area (Å²) in [5, 5.41) is 0.327. The minimum atomic E-state index is -0.705. The summed E-state index contributed by atoms with van der Waals surface area (Å²) in [4.78, 5) is 11.1. The SMILES string of the molecule is CC(Cl)OC(=O)CCCC[C@@H]1CCSS1=O. The Morgan fingerprint density at radius 1 is 1.62 bits per heavy atom. The lowest BCUT2D eigenvalue weighted by atomic mass is 10.1. The Hall–Kier alpha value is 0.260. The number of halogens is 1. The molecule has 0 radical (unpaired) electrons. The highest BCUT2D eigenvalue weighted by molar-refractivity contribution is 8.69. The minimum absolute atomic E-state index is 0.246. The molecule has 0 aliphatic carbocycles. The van der Waals surface area contributed by atoms with E-state index in [0.29, 0.717) is 11.7 Å². The first-order chi connectivity index (χ1) is 7.59. The molecule has 1 heterocycles. The van der Waals surface area contributed by atoms with Crippen LogP contribution in [-0.2, 0) is 19.4 Å². The topological polar surface area (TPSA) is 43.4 Å². The van der Waals surface area contributed by atoms with Gasteiger partial charge in [-0.1, -0.05) is 28.8 Å². The normalized spacial score (nSPS) is 26.6. The molecule has 0 spiro atoms. The van der Waals surface area contributed by atoms with Crippen LogP contribution in [0.5, 0.6) is 0 Å². The van der Waals surface area contributed by atoms with Crippen molar-refractivity contribution in [2.24, 2.45) is 0 Å². The number of unbranched alkanes of at least 4 members (excludes halogenated alkanes) is 1. The van der Waals surface area contributed by atoms with Gasteiger partial charge >= 0.3 is 5.97 Å². The largest absolute Gasteiger partial charge is 0.446 e. The molecule has 1 aliphatic rings. The van der Waals surface area contributed by atoms with Crippen molar-refractivity contribution in [2.75, 3.05) is 5.75 Å². The molecule has 0 aromatic carbocycles. The van der Waals surface area contributed by atoms with Crippen molar-refractivity contribution in [1.29, 1.82) is 0 Å². The summed E-state index contributed by atoms with van der Waals surface area (Å²) < 4.78 is 16.2. The van der Waals surface area contributed by atoms with Gasteiger partial charge in [-0.2, -0.15) is 0 Å². The van der Waals surface area contributed by atoms with E-state index in [0.717, 1.165) is 31.4 Å². The van der Waals surface area contributed by atoms with Crippen molar-refractivity contribution in [3.8, 4) is 0 Å². The van der Waals surface area contributed by atoms with Gasteiger partial charge in [0, 0.05) is 17.4 Å². The fourth-order valence-electron chi connectivity index (χ4n) is 1.58. The minimum Gasteiger partial charge on any atom is -0.446 e. The first kappa shape index (κ1) is 14.3. The lowest BCUT2D eigenvalue weighted by molar-refractivity contribution is -0.144. The number of hydrogen-bond donors (Lipinski definition) is 0. The number of carbonyl (C=O) groups excluding carboxylic acids is 1. The summed E-state index contributed by atoms with van der Waals surface area (Å²) in [6.45, 7) is 1.62. The standard InChI is InChI=1S/C10H17ClO3S2/c1-8(11)14-10(12)5-3-2-4-9-6-7-15-16(9)13/h8-9H,2-7H2,1H3/t8?,9-,16?/m1/s1. The number of esters is 1. The van der Waals surface area contributed by atoms with Gasteiger partial charge in [-0.05, 0) is 26.2 Å². The molecule has 1 fully saturated rings. The Balaban J connectivity index is 2.03. The van der Waals surface area contributed by atoms with Gasteiger partial charge in [0.2, 0.25) is 0 Å². The molecule has 2 unspecified atom stereocenters. The third-order valence-corrected chi connectivity index (χ3v) is 6.12. The molecule has 0 aromatic heterocycles. The monoisotopic (exact) mass is 284 g/mol. The Morgan fingerprint density at radius 2 is 2.38 bits per heavy atom. The van der Waals surface area contributed by atoms with Gasteiger partial charge in [-0.15, -0.1) is 0 Å². The molecule has 3 atom stereocenters. The van der Waals surface area contributed by atoms with Gasteiger partial charge in [-0.25, -0.2) is 4.21 Å². The van der Waals surface area contributed by atoms with Crippen LogP contribution in [0.3, 0.4) is 0 Å². The van der Waals surface area contributed by atoms with Crippen molar-refractivity contribution < 1.29 is 13.7 Å². The van der Waals surface area contributed by atoms with Gasteiger partial charge < -0.3 is 4.74 Å². The second-order valence-electron chi connectivity index (χ2n) is 3.77. The van der Waals surface area contributed by atoms with Crippen LogP contribution in [0.15, 0.2) is 0 Å². The first-order valence-corrected chi connectivity index (χ1v) is 8.62. The third kappa shape index (κ3) is 5.55. The van der Waals surface area contributed by atoms with E-state index < -0.39 is 15.4 Å². The molecule has 0 aromatic rings. The Morgan fingerprint density at radius 3 is 2.94 bits per heavy atom. The number of carbonyl (C=O) groups is 1. The van der Waals surface area contributed by atoms with E-state index in [9.17, 15) is 9.00 Å². The molecule has 3 nitrogen and oxygen atoms in total. The number of alkyl halides is 1. The molecular weight excluding hydrogens is 268 g/mol. The summed E-state index contributed by atoms with van der Waals surface area (Å²) >= 11 is 5.52. The van der Waals surface area contributed by atoms with Gasteiger partial charge in [0.25, 0.3) is 0 Å². The Bertz CT molecular complexity index is 258. The lowest BCUT2D eigenvalue weighted by Crippen LogP contribution is -2.10. The zero-order valence-electron chi connectivity index (χ0n) is 9.32. The summed E-state index contributed by atoms with van der Waals surface area (Å²) in [6, 6.07) is 0. The molecule has 16 heavy (non-hydrogen) atoms. The van der Waals surface area contributed by atoms with Crippen molar-refractivity contribution in [3.63, 3.8) is 0 Å². The van der Waals surface area contributed by atoms with Crippen LogP contribution in [0.4, 0.5) is 0 Å². The zero-order valence-corrected chi connectivity index (χ0v) is 11.7. The molecule has 94 valence electrons. The predicted molar refractivity (Wildman–Crippen MR) is 68.9 cm³/mol. The van der Waals surface area contributed by atoms with Crippen molar-refractivity contribution in [3.05, 3.63) is 0 Å². The molecule has 0 bridgehead atoms. The third-order valence-electron chi connectivity index (χ3n) is 2.36. The highest BCUT2D eigenvalue weighted by atomic mass is 35.5. The van der Waals surface area contributed by atoms with Crippen LogP contribution in [0.1, 0.15) is 39.0 Å². The Kier molecular flexibility index (Phi) is 6.77. The molecule has 0 N–H and O–H groups in total. The van der Waals surface area contributed by atoms with E-state index in [1.165, 1.54) is 0 Å². The predicted octanol–water partition coefficient (Wildman–Crippen LogP) is 2.84. The highest BCUT2D eigenvalue weighted by Crippen LogP contribution is 2.29. The number of ether oxygens (including phenoxy) is 1. The average molecular weight is 285 g/mol. The van der Waals surface area contributed by atoms with E-state index in [-0.39, 0.29) is 5.97 Å². The van der Waals surface area contributed by atoms with E-state index in [2.05, 4.69) is 0 Å². The molecule has 6 heteroatoms. The van der Waals surface area contributed by atoms with Gasteiger partial charge in [0.15, 0.2) is 5.56 Å². The second-order valence-corrected chi connectivity index (χ2v) is 7.91. The molecule has 1 saturated heterocycles. The first-order valence-electron chi connectivity index (χ1n) is 5.47. The van der Waals surface area contributed by atoms with E-state index in [1.807, 2.05) is 0 Å². The van der Waals surface area contributed by atoms with E-state index in [1.54, 1.807) is 17.7 Å². The lowest BCUT2D eigenvalue weighted by Gasteiger charge is -2.08. The fourth-order valence-corrected chi connectivity index (χ4v) is 5.17. The van der Waals surface area contributed by atoms with Crippen molar-refractivity contribution >= 4 is 38.2 Å². The maximum atomic E-state index is 11.4. The van der Waals surface area contributed by atoms with Gasteiger partial charge in [0.1, 0.15) is 0 Å². The smallest absolute Gasteiger partial charge is 0.307 e. The van der Waals surface area contributed by atoms with Crippen LogP contribution in [0.25, 0.3) is 0 Å². The number of rotatable bonds is 6. The highest BCUT2D eigenvalue weighted by Gasteiger charge is 2.23. The molecular formula is C10H17ClO3S2. The maximum absolute atomic E-state index is 11.4. The molecule has 0 saturated carbocycles. The summed E-state index contributed by atoms with van der Waals surface area (Å²) in [7, 11) is 0.837. The van der Waals surface area contributed by atoms with Crippen LogP contribution in [0.2, 0.25) is 0 Å². The van der Waals surface area contributed by atoms with Gasteiger partial charge in [0.05, 0.1) is 9.83 Å². The summed E-state index contributed by atoms with van der Waals surface area (Å²) in [5.74, 6) is 0.757. The second kappa shape index (κ2) is 7.56. The molecule has 0 amide bonds.